The van der Waals surface area contributed by atoms with Gasteiger partial charge in [0.05, 0.1) is 11.1 Å². The molecule has 4 heteroatoms. The fourth-order valence-electron chi connectivity index (χ4n) is 2.22. The Hall–Kier alpha value is -0.640. The summed E-state index contributed by atoms with van der Waals surface area (Å²) in [6.07, 6.45) is 2.73. The standard InChI is InChI=1S/C15H23ClFNO/c1-4-9-18-13(14(5-2)19-3)10-11-7-6-8-12(17)15(11)16/h6-8,13-14,18H,4-5,9-10H2,1-3H3. The van der Waals surface area contributed by atoms with E-state index in [0.29, 0.717) is 6.42 Å². The van der Waals surface area contributed by atoms with Gasteiger partial charge in [-0.25, -0.2) is 4.39 Å². The Kier molecular flexibility index (Phi) is 7.36. The van der Waals surface area contributed by atoms with Crippen molar-refractivity contribution in [1.82, 2.24) is 5.32 Å². The van der Waals surface area contributed by atoms with Crippen molar-refractivity contribution in [2.45, 2.75) is 45.3 Å². The number of hydrogen-bond acceptors (Lipinski definition) is 2. The fraction of sp³-hybridized carbons (Fsp3) is 0.600. The summed E-state index contributed by atoms with van der Waals surface area (Å²) in [6.45, 7) is 5.12. The van der Waals surface area contributed by atoms with Gasteiger partial charge < -0.3 is 10.1 Å². The van der Waals surface area contributed by atoms with Gasteiger partial charge in [-0.2, -0.15) is 0 Å². The van der Waals surface area contributed by atoms with Crippen LogP contribution in [-0.4, -0.2) is 25.8 Å². The molecule has 0 spiro atoms. The van der Waals surface area contributed by atoms with E-state index in [1.54, 1.807) is 13.2 Å². The topological polar surface area (TPSA) is 21.3 Å². The third-order valence-corrected chi connectivity index (χ3v) is 3.71. The van der Waals surface area contributed by atoms with Crippen molar-refractivity contribution in [2.24, 2.45) is 0 Å². The molecule has 108 valence electrons. The van der Waals surface area contributed by atoms with E-state index in [-0.39, 0.29) is 23.0 Å². The van der Waals surface area contributed by atoms with Crippen molar-refractivity contribution >= 4 is 11.6 Å². The van der Waals surface area contributed by atoms with Gasteiger partial charge in [0.15, 0.2) is 0 Å². The maximum atomic E-state index is 13.5. The van der Waals surface area contributed by atoms with E-state index < -0.39 is 0 Å². The molecule has 1 aromatic carbocycles. The van der Waals surface area contributed by atoms with Crippen LogP contribution in [0, 0.1) is 5.82 Å². The summed E-state index contributed by atoms with van der Waals surface area (Å²) in [5, 5.41) is 3.68. The number of rotatable bonds is 8. The minimum atomic E-state index is -0.362. The number of hydrogen-bond donors (Lipinski definition) is 1. The average molecular weight is 288 g/mol. The molecule has 0 bridgehead atoms. The first-order chi connectivity index (χ1) is 9.13. The van der Waals surface area contributed by atoms with Crippen molar-refractivity contribution in [3.05, 3.63) is 34.6 Å². The number of methoxy groups -OCH3 is 1. The zero-order chi connectivity index (χ0) is 14.3. The summed E-state index contributed by atoms with van der Waals surface area (Å²) in [6, 6.07) is 5.10. The van der Waals surface area contributed by atoms with Crippen LogP contribution in [0.15, 0.2) is 18.2 Å². The van der Waals surface area contributed by atoms with Gasteiger partial charge in [-0.1, -0.05) is 37.6 Å². The number of halogens is 2. The van der Waals surface area contributed by atoms with E-state index >= 15 is 0 Å². The predicted molar refractivity (Wildman–Crippen MR) is 78.3 cm³/mol. The van der Waals surface area contributed by atoms with Crippen LogP contribution in [0.2, 0.25) is 5.02 Å². The molecule has 0 saturated carbocycles. The van der Waals surface area contributed by atoms with E-state index in [2.05, 4.69) is 19.2 Å². The van der Waals surface area contributed by atoms with Gasteiger partial charge in [0.2, 0.25) is 0 Å². The molecule has 0 aliphatic rings. The molecule has 0 heterocycles. The highest BCUT2D eigenvalue weighted by Crippen LogP contribution is 2.22. The van der Waals surface area contributed by atoms with E-state index in [1.807, 2.05) is 6.07 Å². The number of ether oxygens (including phenoxy) is 1. The minimum absolute atomic E-state index is 0.103. The Morgan fingerprint density at radius 2 is 2.11 bits per heavy atom. The first kappa shape index (κ1) is 16.4. The van der Waals surface area contributed by atoms with E-state index in [4.69, 9.17) is 16.3 Å². The van der Waals surface area contributed by atoms with Crippen LogP contribution < -0.4 is 5.32 Å². The normalized spacial score (nSPS) is 14.4. The molecule has 0 fully saturated rings. The van der Waals surface area contributed by atoms with E-state index in [0.717, 1.165) is 24.9 Å². The smallest absolute Gasteiger partial charge is 0.142 e. The lowest BCUT2D eigenvalue weighted by atomic mass is 9.99. The molecule has 0 amide bonds. The second-order valence-corrected chi connectivity index (χ2v) is 5.04. The predicted octanol–water partition coefficient (Wildman–Crippen LogP) is 3.81. The van der Waals surface area contributed by atoms with Crippen LogP contribution in [0.4, 0.5) is 4.39 Å². The maximum Gasteiger partial charge on any atom is 0.142 e. The zero-order valence-electron chi connectivity index (χ0n) is 11.9. The molecule has 0 aliphatic heterocycles. The van der Waals surface area contributed by atoms with Gasteiger partial charge >= 0.3 is 0 Å². The lowest BCUT2D eigenvalue weighted by molar-refractivity contribution is 0.0653. The summed E-state index contributed by atoms with van der Waals surface area (Å²) in [5.74, 6) is -0.362. The SMILES string of the molecule is CCCNC(Cc1cccc(F)c1Cl)C(CC)OC. The Morgan fingerprint density at radius 3 is 2.68 bits per heavy atom. The van der Waals surface area contributed by atoms with Crippen LogP contribution in [0.3, 0.4) is 0 Å². The molecule has 0 saturated heterocycles. The van der Waals surface area contributed by atoms with Crippen LogP contribution in [-0.2, 0) is 11.2 Å². The molecule has 0 aromatic heterocycles. The molecule has 1 aromatic rings. The molecule has 1 rings (SSSR count). The Labute approximate surface area is 120 Å². The highest BCUT2D eigenvalue weighted by atomic mass is 35.5. The van der Waals surface area contributed by atoms with Gasteiger partial charge in [0.1, 0.15) is 5.82 Å². The first-order valence-corrected chi connectivity index (χ1v) is 7.20. The molecule has 0 radical (unpaired) electrons. The Balaban J connectivity index is 2.83. The van der Waals surface area contributed by atoms with Crippen molar-refractivity contribution in [3.63, 3.8) is 0 Å². The van der Waals surface area contributed by atoms with Crippen molar-refractivity contribution in [3.8, 4) is 0 Å². The van der Waals surface area contributed by atoms with Crippen LogP contribution in [0.1, 0.15) is 32.3 Å². The average Bonchev–Trinajstić information content (AvgIpc) is 2.42. The maximum absolute atomic E-state index is 13.5. The lowest BCUT2D eigenvalue weighted by Crippen LogP contribution is -2.42. The second kappa shape index (κ2) is 8.51. The number of benzene rings is 1. The first-order valence-electron chi connectivity index (χ1n) is 6.83. The molecule has 1 N–H and O–H groups in total. The molecular weight excluding hydrogens is 265 g/mol. The van der Waals surface area contributed by atoms with Gasteiger partial charge in [-0.15, -0.1) is 0 Å². The molecule has 19 heavy (non-hydrogen) atoms. The van der Waals surface area contributed by atoms with E-state index in [9.17, 15) is 4.39 Å². The molecule has 2 nitrogen and oxygen atoms in total. The summed E-state index contributed by atoms with van der Waals surface area (Å²) >= 11 is 6.02. The molecule has 0 aliphatic carbocycles. The zero-order valence-corrected chi connectivity index (χ0v) is 12.6. The minimum Gasteiger partial charge on any atom is -0.380 e. The van der Waals surface area contributed by atoms with Crippen molar-refractivity contribution in [1.29, 1.82) is 0 Å². The molecule has 2 unspecified atom stereocenters. The van der Waals surface area contributed by atoms with Gasteiger partial charge in [0, 0.05) is 13.2 Å². The quantitative estimate of drug-likeness (QED) is 0.785. The summed E-state index contributed by atoms with van der Waals surface area (Å²) in [5.41, 5.74) is 0.825. The van der Waals surface area contributed by atoms with E-state index in [1.165, 1.54) is 6.07 Å². The van der Waals surface area contributed by atoms with Gasteiger partial charge in [-0.3, -0.25) is 0 Å². The third kappa shape index (κ3) is 4.75. The summed E-state index contributed by atoms with van der Waals surface area (Å²) < 4.78 is 19.0. The highest BCUT2D eigenvalue weighted by Gasteiger charge is 2.21. The molecular formula is C15H23ClFNO. The van der Waals surface area contributed by atoms with Crippen molar-refractivity contribution < 1.29 is 9.13 Å². The van der Waals surface area contributed by atoms with Crippen LogP contribution >= 0.6 is 11.6 Å². The lowest BCUT2D eigenvalue weighted by Gasteiger charge is -2.26. The molecule has 2 atom stereocenters. The van der Waals surface area contributed by atoms with Gasteiger partial charge in [-0.05, 0) is 37.4 Å². The largest absolute Gasteiger partial charge is 0.380 e. The summed E-state index contributed by atoms with van der Waals surface area (Å²) in [7, 11) is 1.71. The van der Waals surface area contributed by atoms with Crippen molar-refractivity contribution in [2.75, 3.05) is 13.7 Å². The Bertz CT molecular complexity index is 382. The number of nitrogens with one attached hydrogen (secondary N) is 1. The monoisotopic (exact) mass is 287 g/mol. The summed E-state index contributed by atoms with van der Waals surface area (Å²) in [4.78, 5) is 0. The fourth-order valence-corrected chi connectivity index (χ4v) is 2.43. The Morgan fingerprint density at radius 1 is 1.37 bits per heavy atom. The second-order valence-electron chi connectivity index (χ2n) is 4.66. The highest BCUT2D eigenvalue weighted by molar-refractivity contribution is 6.31. The van der Waals surface area contributed by atoms with Crippen LogP contribution in [0.5, 0.6) is 0 Å². The van der Waals surface area contributed by atoms with Gasteiger partial charge in [0.25, 0.3) is 0 Å². The van der Waals surface area contributed by atoms with Crippen LogP contribution in [0.25, 0.3) is 0 Å². The third-order valence-electron chi connectivity index (χ3n) is 3.28.